The first-order valence-electron chi connectivity index (χ1n) is 5.24. The lowest BCUT2D eigenvalue weighted by molar-refractivity contribution is 0.964. The largest absolute Gasteiger partial charge is 0.308 e. The van der Waals surface area contributed by atoms with E-state index in [1.54, 1.807) is 11.8 Å². The van der Waals surface area contributed by atoms with E-state index in [2.05, 4.69) is 40.5 Å². The van der Waals surface area contributed by atoms with Crippen LogP contribution in [-0.4, -0.2) is 9.97 Å². The molecule has 2 aromatic rings. The summed E-state index contributed by atoms with van der Waals surface area (Å²) in [6, 6.07) is 10.1. The molecule has 0 fully saturated rings. The zero-order valence-corrected chi connectivity index (χ0v) is 10.6. The molecule has 17 heavy (non-hydrogen) atoms. The molecule has 0 saturated heterocycles. The van der Waals surface area contributed by atoms with Gasteiger partial charge in [-0.05, 0) is 26.0 Å². The van der Waals surface area contributed by atoms with Crippen LogP contribution in [0.25, 0.3) is 0 Å². The highest BCUT2D eigenvalue weighted by molar-refractivity contribution is 7.99. The van der Waals surface area contributed by atoms with Crippen LogP contribution in [0, 0.1) is 13.8 Å². The Labute approximate surface area is 105 Å². The third-order valence-corrected chi connectivity index (χ3v) is 3.08. The van der Waals surface area contributed by atoms with Gasteiger partial charge in [0, 0.05) is 11.0 Å². The summed E-state index contributed by atoms with van der Waals surface area (Å²) in [5.41, 5.74) is 3.78. The van der Waals surface area contributed by atoms with Crippen LogP contribution in [-0.2, 0) is 0 Å². The van der Waals surface area contributed by atoms with Gasteiger partial charge in [0.2, 0.25) is 0 Å². The summed E-state index contributed by atoms with van der Waals surface area (Å²) in [6.07, 6.45) is 0. The lowest BCUT2D eigenvalue weighted by atomic mass is 10.2. The molecule has 4 nitrogen and oxygen atoms in total. The normalized spacial score (nSPS) is 10.3. The van der Waals surface area contributed by atoms with Crippen molar-refractivity contribution in [3.05, 3.63) is 41.7 Å². The molecule has 0 unspecified atom stereocenters. The number of aromatic nitrogens is 2. The zero-order chi connectivity index (χ0) is 12.3. The predicted octanol–water partition coefficient (Wildman–Crippen LogP) is 2.53. The maximum Gasteiger partial charge on any atom is 0.144 e. The van der Waals surface area contributed by atoms with Gasteiger partial charge in [-0.3, -0.25) is 0 Å². The van der Waals surface area contributed by atoms with Crippen LogP contribution in [0.1, 0.15) is 11.4 Å². The average molecular weight is 246 g/mol. The Morgan fingerprint density at radius 2 is 2.00 bits per heavy atom. The van der Waals surface area contributed by atoms with Gasteiger partial charge in [0.1, 0.15) is 16.7 Å². The fourth-order valence-corrected chi connectivity index (χ4v) is 2.45. The second-order valence-corrected chi connectivity index (χ2v) is 4.80. The van der Waals surface area contributed by atoms with E-state index in [1.165, 1.54) is 5.56 Å². The smallest absolute Gasteiger partial charge is 0.144 e. The Kier molecular flexibility index (Phi) is 3.61. The second kappa shape index (κ2) is 5.16. The average Bonchev–Trinajstić information content (AvgIpc) is 2.28. The molecule has 0 aliphatic carbocycles. The third kappa shape index (κ3) is 3.18. The fourth-order valence-electron chi connectivity index (χ4n) is 1.47. The van der Waals surface area contributed by atoms with Crippen LogP contribution in [0.3, 0.4) is 0 Å². The molecule has 0 aliphatic rings. The maximum absolute atomic E-state index is 5.36. The Bertz CT molecular complexity index is 528. The SMILES string of the molecule is Cc1cccc(Sc2cc(NN)nc(C)n2)c1. The molecule has 1 aromatic heterocycles. The molecule has 2 rings (SSSR count). The molecule has 0 radical (unpaired) electrons. The number of hydrazine groups is 1. The van der Waals surface area contributed by atoms with E-state index in [-0.39, 0.29) is 0 Å². The molecule has 5 heteroatoms. The van der Waals surface area contributed by atoms with Crippen LogP contribution in [0.5, 0.6) is 0 Å². The summed E-state index contributed by atoms with van der Waals surface area (Å²) >= 11 is 1.60. The molecular weight excluding hydrogens is 232 g/mol. The number of benzene rings is 1. The number of aryl methyl sites for hydroxylation is 2. The summed E-state index contributed by atoms with van der Waals surface area (Å²) in [4.78, 5) is 9.67. The van der Waals surface area contributed by atoms with E-state index in [4.69, 9.17) is 5.84 Å². The summed E-state index contributed by atoms with van der Waals surface area (Å²) in [6.45, 7) is 3.92. The molecule has 3 N–H and O–H groups in total. The van der Waals surface area contributed by atoms with Crippen LogP contribution >= 0.6 is 11.8 Å². The fraction of sp³-hybridized carbons (Fsp3) is 0.167. The van der Waals surface area contributed by atoms with Crippen molar-refractivity contribution in [3.8, 4) is 0 Å². The molecule has 0 amide bonds. The number of anilines is 1. The molecule has 0 saturated carbocycles. The van der Waals surface area contributed by atoms with Gasteiger partial charge in [-0.1, -0.05) is 29.5 Å². The molecular formula is C12H14N4S. The second-order valence-electron chi connectivity index (χ2n) is 3.70. The highest BCUT2D eigenvalue weighted by Crippen LogP contribution is 2.27. The maximum atomic E-state index is 5.36. The Balaban J connectivity index is 2.26. The molecule has 1 aromatic carbocycles. The van der Waals surface area contributed by atoms with Gasteiger partial charge in [-0.25, -0.2) is 15.8 Å². The lowest BCUT2D eigenvalue weighted by Crippen LogP contribution is -2.09. The van der Waals surface area contributed by atoms with E-state index in [9.17, 15) is 0 Å². The first-order valence-corrected chi connectivity index (χ1v) is 6.06. The zero-order valence-electron chi connectivity index (χ0n) is 9.77. The Morgan fingerprint density at radius 1 is 1.18 bits per heavy atom. The summed E-state index contributed by atoms with van der Waals surface area (Å²) in [7, 11) is 0. The Morgan fingerprint density at radius 3 is 2.71 bits per heavy atom. The number of nitrogen functional groups attached to an aromatic ring is 1. The van der Waals surface area contributed by atoms with Gasteiger partial charge in [0.15, 0.2) is 0 Å². The van der Waals surface area contributed by atoms with Crippen molar-refractivity contribution in [2.75, 3.05) is 5.43 Å². The standard InChI is InChI=1S/C12H14N4S/c1-8-4-3-5-10(6-8)17-12-7-11(16-13)14-9(2)15-12/h3-7H,13H2,1-2H3,(H,14,15,16). The molecule has 1 heterocycles. The minimum absolute atomic E-state index is 0.632. The van der Waals surface area contributed by atoms with E-state index < -0.39 is 0 Å². The van der Waals surface area contributed by atoms with Crippen molar-refractivity contribution in [1.29, 1.82) is 0 Å². The minimum atomic E-state index is 0.632. The molecule has 0 atom stereocenters. The van der Waals surface area contributed by atoms with Crippen molar-refractivity contribution in [3.63, 3.8) is 0 Å². The highest BCUT2D eigenvalue weighted by atomic mass is 32.2. The minimum Gasteiger partial charge on any atom is -0.308 e. The van der Waals surface area contributed by atoms with Crippen LogP contribution in [0.2, 0.25) is 0 Å². The quantitative estimate of drug-likeness (QED) is 0.495. The predicted molar refractivity (Wildman–Crippen MR) is 69.9 cm³/mol. The highest BCUT2D eigenvalue weighted by Gasteiger charge is 2.03. The molecule has 0 spiro atoms. The van der Waals surface area contributed by atoms with Crippen molar-refractivity contribution < 1.29 is 0 Å². The topological polar surface area (TPSA) is 63.8 Å². The van der Waals surface area contributed by atoms with Crippen LogP contribution in [0.15, 0.2) is 40.3 Å². The van der Waals surface area contributed by atoms with Crippen molar-refractivity contribution >= 4 is 17.6 Å². The number of nitrogens with zero attached hydrogens (tertiary/aromatic N) is 2. The van der Waals surface area contributed by atoms with Crippen molar-refractivity contribution in [2.24, 2.45) is 5.84 Å². The van der Waals surface area contributed by atoms with Gasteiger partial charge in [0.05, 0.1) is 0 Å². The summed E-state index contributed by atoms with van der Waals surface area (Å²) in [5, 5.41) is 0.885. The lowest BCUT2D eigenvalue weighted by Gasteiger charge is -2.05. The summed E-state index contributed by atoms with van der Waals surface area (Å²) in [5.74, 6) is 6.69. The number of hydrogen-bond acceptors (Lipinski definition) is 5. The van der Waals surface area contributed by atoms with E-state index in [1.807, 2.05) is 19.1 Å². The van der Waals surface area contributed by atoms with Crippen LogP contribution in [0.4, 0.5) is 5.82 Å². The van der Waals surface area contributed by atoms with Gasteiger partial charge in [-0.15, -0.1) is 0 Å². The van der Waals surface area contributed by atoms with Gasteiger partial charge in [0.25, 0.3) is 0 Å². The monoisotopic (exact) mass is 246 g/mol. The number of rotatable bonds is 3. The van der Waals surface area contributed by atoms with E-state index >= 15 is 0 Å². The van der Waals surface area contributed by atoms with Gasteiger partial charge >= 0.3 is 0 Å². The first kappa shape index (κ1) is 11.9. The third-order valence-electron chi connectivity index (χ3n) is 2.17. The van der Waals surface area contributed by atoms with Gasteiger partial charge in [-0.2, -0.15) is 0 Å². The van der Waals surface area contributed by atoms with Crippen LogP contribution < -0.4 is 11.3 Å². The Hall–Kier alpha value is -1.59. The summed E-state index contributed by atoms with van der Waals surface area (Å²) < 4.78 is 0. The van der Waals surface area contributed by atoms with Crippen molar-refractivity contribution in [1.82, 2.24) is 9.97 Å². The molecule has 0 bridgehead atoms. The van der Waals surface area contributed by atoms with Crippen molar-refractivity contribution in [2.45, 2.75) is 23.8 Å². The molecule has 88 valence electrons. The van der Waals surface area contributed by atoms with E-state index in [0.717, 1.165) is 9.92 Å². The number of hydrogen-bond donors (Lipinski definition) is 2. The number of nitrogens with two attached hydrogens (primary N) is 1. The van der Waals surface area contributed by atoms with E-state index in [0.29, 0.717) is 11.6 Å². The molecule has 0 aliphatic heterocycles. The van der Waals surface area contributed by atoms with Gasteiger partial charge < -0.3 is 5.43 Å². The first-order chi connectivity index (χ1) is 8.17. The number of nitrogens with one attached hydrogen (secondary N) is 1.